The number of aromatic amines is 1. The molecule has 1 saturated heterocycles. The summed E-state index contributed by atoms with van der Waals surface area (Å²) in [5.41, 5.74) is -0.502. The highest BCUT2D eigenvalue weighted by Crippen LogP contribution is 2.66. The molecule has 11 heteroatoms. The number of cyclic esters (lactones) is 1. The Hall–Kier alpha value is -3.15. The fraction of sp³-hybridized carbons (Fsp3) is 0.711. The number of nitrogens with one attached hydrogen (secondary N) is 2. The maximum atomic E-state index is 13.7. The Bertz CT molecular complexity index is 1380. The number of hydrogen-bond acceptors (Lipinski definition) is 9. The van der Waals surface area contributed by atoms with Gasteiger partial charge in [0.2, 0.25) is 0 Å². The lowest BCUT2D eigenvalue weighted by Gasteiger charge is -2.53. The molecular formula is C38H56N2O9. The Morgan fingerprint density at radius 1 is 1.18 bits per heavy atom. The van der Waals surface area contributed by atoms with E-state index in [1.807, 2.05) is 26.8 Å². The predicted molar refractivity (Wildman–Crippen MR) is 183 cm³/mol. The minimum absolute atomic E-state index is 0.236. The Kier molecular flexibility index (Phi) is 11.7. The van der Waals surface area contributed by atoms with Gasteiger partial charge >= 0.3 is 18.0 Å². The van der Waals surface area contributed by atoms with Crippen molar-refractivity contribution in [2.24, 2.45) is 29.1 Å². The average Bonchev–Trinajstić information content (AvgIpc) is 3.65. The number of ether oxygens (including phenoxy) is 5. The molecule has 1 aromatic heterocycles. The summed E-state index contributed by atoms with van der Waals surface area (Å²) in [6, 6.07) is 3.38. The van der Waals surface area contributed by atoms with Crippen LogP contribution in [0.2, 0.25) is 0 Å². The van der Waals surface area contributed by atoms with E-state index >= 15 is 0 Å². The van der Waals surface area contributed by atoms with Crippen LogP contribution in [-0.4, -0.2) is 84.0 Å². The average molecular weight is 685 g/mol. The van der Waals surface area contributed by atoms with Gasteiger partial charge in [-0.25, -0.2) is 14.4 Å². The van der Waals surface area contributed by atoms with Gasteiger partial charge in [0.15, 0.2) is 6.10 Å². The van der Waals surface area contributed by atoms with Crippen molar-refractivity contribution in [1.82, 2.24) is 10.3 Å². The zero-order valence-electron chi connectivity index (χ0n) is 30.1. The van der Waals surface area contributed by atoms with Crippen molar-refractivity contribution < 1.29 is 43.2 Å². The molecule has 12 atom stereocenters. The van der Waals surface area contributed by atoms with E-state index in [-0.39, 0.29) is 12.3 Å². The summed E-state index contributed by atoms with van der Waals surface area (Å²) < 4.78 is 30.8. The molecule has 1 spiro atoms. The van der Waals surface area contributed by atoms with Gasteiger partial charge in [-0.1, -0.05) is 78.0 Å². The third-order valence-corrected chi connectivity index (χ3v) is 11.5. The van der Waals surface area contributed by atoms with Crippen molar-refractivity contribution >= 4 is 18.0 Å². The number of esters is 2. The van der Waals surface area contributed by atoms with E-state index in [0.717, 1.165) is 24.8 Å². The third kappa shape index (κ3) is 7.08. The van der Waals surface area contributed by atoms with Crippen molar-refractivity contribution in [3.05, 3.63) is 47.8 Å². The normalized spacial score (nSPS) is 38.4. The van der Waals surface area contributed by atoms with Crippen molar-refractivity contribution in [3.63, 3.8) is 0 Å². The van der Waals surface area contributed by atoms with Crippen LogP contribution in [-0.2, 0) is 28.5 Å². The molecule has 49 heavy (non-hydrogen) atoms. The number of aliphatic hydroxyl groups excluding tert-OH is 1. The van der Waals surface area contributed by atoms with Crippen LogP contribution in [0.4, 0.5) is 4.79 Å². The monoisotopic (exact) mass is 684 g/mol. The number of unbranched alkanes of at least 4 members (excludes halogenated alkanes) is 5. The number of alkyl carbamates (subject to hydrolysis) is 1. The number of aliphatic hydroxyl groups is 1. The molecule has 1 aromatic rings. The van der Waals surface area contributed by atoms with Gasteiger partial charge in [-0.15, -0.1) is 0 Å². The topological polar surface area (TPSA) is 145 Å². The van der Waals surface area contributed by atoms with Crippen molar-refractivity contribution in [2.75, 3.05) is 13.7 Å². The molecule has 2 fully saturated rings. The first-order valence-electron chi connectivity index (χ1n) is 18.1. The second-order valence-electron chi connectivity index (χ2n) is 14.8. The van der Waals surface area contributed by atoms with Crippen LogP contribution in [0.5, 0.6) is 0 Å². The molecule has 2 aliphatic carbocycles. The molecule has 3 N–H and O–H groups in total. The first kappa shape index (κ1) is 37.1. The van der Waals surface area contributed by atoms with E-state index < -0.39 is 83.4 Å². The minimum Gasteiger partial charge on any atom is -0.456 e. The lowest BCUT2D eigenvalue weighted by atomic mass is 9.51. The number of rotatable bonds is 12. The van der Waals surface area contributed by atoms with Crippen LogP contribution in [0, 0.1) is 29.1 Å². The SMILES string of the molecule is CCCCCCCCNC(=O)O[C@H](C)[C@H]1OC(=O)[C@@H](OC)C[C@H]2C=C[C@]3(C)[C@H]4[C@H](O)[C@@H](C)[C@@H](OC(=O)c5ccc[nH]5)[C@@H]3O[C@@]24/C(C)=C/[C@H]1C. The number of methoxy groups -OCH3 is 1. The fourth-order valence-electron chi connectivity index (χ4n) is 8.90. The van der Waals surface area contributed by atoms with Crippen LogP contribution < -0.4 is 5.32 Å². The van der Waals surface area contributed by atoms with Crippen LogP contribution in [0.15, 0.2) is 42.1 Å². The van der Waals surface area contributed by atoms with Gasteiger partial charge in [0.25, 0.3) is 0 Å². The quantitative estimate of drug-likeness (QED) is 0.106. The Labute approximate surface area is 290 Å². The predicted octanol–water partition coefficient (Wildman–Crippen LogP) is 5.88. The van der Waals surface area contributed by atoms with Crippen LogP contribution >= 0.6 is 0 Å². The maximum Gasteiger partial charge on any atom is 0.407 e. The summed E-state index contributed by atoms with van der Waals surface area (Å²) in [7, 11) is 1.47. The third-order valence-electron chi connectivity index (χ3n) is 11.5. The van der Waals surface area contributed by atoms with E-state index in [9.17, 15) is 19.5 Å². The summed E-state index contributed by atoms with van der Waals surface area (Å²) in [4.78, 5) is 42.5. The molecule has 272 valence electrons. The lowest BCUT2D eigenvalue weighted by Crippen LogP contribution is -2.61. The van der Waals surface area contributed by atoms with E-state index in [0.29, 0.717) is 12.2 Å². The number of hydrogen-bond donors (Lipinski definition) is 3. The van der Waals surface area contributed by atoms with Gasteiger partial charge in [-0.2, -0.15) is 0 Å². The largest absolute Gasteiger partial charge is 0.456 e. The highest BCUT2D eigenvalue weighted by atomic mass is 16.6. The molecule has 5 rings (SSSR count). The highest BCUT2D eigenvalue weighted by molar-refractivity contribution is 5.87. The van der Waals surface area contributed by atoms with E-state index in [1.165, 1.54) is 26.4 Å². The molecule has 4 aliphatic rings. The molecular weight excluding hydrogens is 628 g/mol. The smallest absolute Gasteiger partial charge is 0.407 e. The zero-order chi connectivity index (χ0) is 35.5. The number of amides is 1. The summed E-state index contributed by atoms with van der Waals surface area (Å²) >= 11 is 0. The number of carbonyl (C=O) groups excluding carboxylic acids is 3. The molecule has 3 heterocycles. The first-order valence-corrected chi connectivity index (χ1v) is 18.1. The van der Waals surface area contributed by atoms with Gasteiger partial charge in [0.05, 0.1) is 6.10 Å². The molecule has 4 bridgehead atoms. The van der Waals surface area contributed by atoms with Gasteiger partial charge < -0.3 is 39.1 Å². The Morgan fingerprint density at radius 2 is 1.92 bits per heavy atom. The van der Waals surface area contributed by atoms with Gasteiger partial charge in [0, 0.05) is 48.9 Å². The highest BCUT2D eigenvalue weighted by Gasteiger charge is 2.73. The summed E-state index contributed by atoms with van der Waals surface area (Å²) in [6.07, 6.45) is 9.45. The van der Waals surface area contributed by atoms with Gasteiger partial charge in [-0.05, 0) is 44.4 Å². The summed E-state index contributed by atoms with van der Waals surface area (Å²) in [5.74, 6) is -2.64. The van der Waals surface area contributed by atoms with E-state index in [4.69, 9.17) is 23.7 Å². The van der Waals surface area contributed by atoms with Crippen molar-refractivity contribution in [1.29, 1.82) is 0 Å². The molecule has 0 radical (unpaired) electrons. The van der Waals surface area contributed by atoms with Crippen molar-refractivity contribution in [2.45, 2.75) is 129 Å². The van der Waals surface area contributed by atoms with Gasteiger partial charge in [-0.3, -0.25) is 0 Å². The van der Waals surface area contributed by atoms with Crippen molar-refractivity contribution in [3.8, 4) is 0 Å². The number of aromatic nitrogens is 1. The standard InChI is InChI=1S/C38H56N2O9/c1-8-9-10-11-12-13-18-40-36(44)46-25(5)30-22(2)20-23(3)38-26(21-28(45-7)35(43)47-30)16-17-37(6)32(38)29(41)24(4)31(33(37)49-38)48-34(42)27-15-14-19-39-27/h14-17,19-20,22,24-26,28-33,39,41H,8-13,18,21H2,1-7H3,(H,40,44)/b23-20+/t22-,24-,25-,26-,28+,29-,30+,31-,32-,33+,37-,38+/m1/s1. The molecule has 1 amide bonds. The molecule has 11 nitrogen and oxygen atoms in total. The van der Waals surface area contributed by atoms with E-state index in [1.54, 1.807) is 25.3 Å². The zero-order valence-corrected chi connectivity index (χ0v) is 30.1. The Morgan fingerprint density at radius 3 is 2.61 bits per heavy atom. The second kappa shape index (κ2) is 15.4. The Balaban J connectivity index is 1.41. The molecule has 2 aliphatic heterocycles. The fourth-order valence-corrected chi connectivity index (χ4v) is 8.90. The van der Waals surface area contributed by atoms with Crippen LogP contribution in [0.25, 0.3) is 0 Å². The summed E-state index contributed by atoms with van der Waals surface area (Å²) in [5, 5.41) is 14.9. The van der Waals surface area contributed by atoms with E-state index in [2.05, 4.69) is 36.3 Å². The molecule has 1 saturated carbocycles. The maximum absolute atomic E-state index is 13.7. The lowest BCUT2D eigenvalue weighted by molar-refractivity contribution is -0.172. The van der Waals surface area contributed by atoms with Crippen LogP contribution in [0.3, 0.4) is 0 Å². The summed E-state index contributed by atoms with van der Waals surface area (Å²) in [6.45, 7) is 12.3. The van der Waals surface area contributed by atoms with Crippen LogP contribution in [0.1, 0.15) is 97.0 Å². The number of H-pyrrole nitrogens is 1. The number of carbonyl (C=O) groups is 3. The molecule has 0 aromatic carbocycles. The first-order chi connectivity index (χ1) is 23.4. The minimum atomic E-state index is -1.03. The molecule has 0 unspecified atom stereocenters. The van der Waals surface area contributed by atoms with Gasteiger partial charge in [0.1, 0.15) is 35.7 Å². The second-order valence-corrected chi connectivity index (χ2v) is 14.8.